The number of hydrogen-bond donors (Lipinski definition) is 0. The van der Waals surface area contributed by atoms with Gasteiger partial charge in [0.1, 0.15) is 0 Å². The van der Waals surface area contributed by atoms with Gasteiger partial charge in [0, 0.05) is 48.5 Å². The van der Waals surface area contributed by atoms with Crippen molar-refractivity contribution in [2.45, 2.75) is 13.1 Å². The van der Waals surface area contributed by atoms with E-state index in [4.69, 9.17) is 0 Å². The van der Waals surface area contributed by atoms with Crippen LogP contribution in [-0.2, 0) is 20.1 Å². The lowest BCUT2D eigenvalue weighted by Crippen LogP contribution is -2.30. The van der Waals surface area contributed by atoms with Crippen LogP contribution in [0.1, 0.15) is 21.6 Å². The van der Waals surface area contributed by atoms with Gasteiger partial charge in [-0.1, -0.05) is 30.3 Å². The van der Waals surface area contributed by atoms with Crippen LogP contribution < -0.4 is 4.90 Å². The molecule has 0 atom stereocenters. The minimum atomic E-state index is 0.00895. The zero-order chi connectivity index (χ0) is 19.1. The summed E-state index contributed by atoms with van der Waals surface area (Å²) in [5.74, 6) is 0.00895. The molecule has 28 heavy (non-hydrogen) atoms. The Balaban J connectivity index is 1.50. The van der Waals surface area contributed by atoms with Gasteiger partial charge in [-0.3, -0.25) is 9.48 Å². The number of aromatic nitrogens is 3. The monoisotopic (exact) mass is 368 g/mol. The van der Waals surface area contributed by atoms with Crippen LogP contribution in [0.15, 0.2) is 79.1 Å². The molecule has 0 spiro atoms. The number of anilines is 1. The molecule has 3 heterocycles. The normalized spacial score (nSPS) is 13.0. The lowest BCUT2D eigenvalue weighted by atomic mass is 10.1. The summed E-state index contributed by atoms with van der Waals surface area (Å²) in [6.07, 6.45) is 3.99. The molecular formula is C23H20N4O. The maximum Gasteiger partial charge on any atom is 0.258 e. The standard InChI is InChI=1S/C23H20N4O/c1-25-14-12-21(24-25)17-8-10-18(11-9-17)23(28)27-16-20-6-4-13-26(20)15-19-5-2-3-7-22(19)27/h2-14H,15-16H2,1H3. The molecule has 0 unspecified atom stereocenters. The Labute approximate surface area is 163 Å². The van der Waals surface area contributed by atoms with Crippen molar-refractivity contribution < 1.29 is 4.79 Å². The van der Waals surface area contributed by atoms with Gasteiger partial charge in [-0.2, -0.15) is 5.10 Å². The Bertz CT molecular complexity index is 1150. The van der Waals surface area contributed by atoms with Crippen LogP contribution in [0.25, 0.3) is 11.3 Å². The third kappa shape index (κ3) is 2.81. The fourth-order valence-electron chi connectivity index (χ4n) is 3.78. The summed E-state index contributed by atoms with van der Waals surface area (Å²) in [5.41, 5.74) is 5.84. The molecule has 0 saturated heterocycles. The summed E-state index contributed by atoms with van der Waals surface area (Å²) in [5, 5.41) is 4.43. The van der Waals surface area contributed by atoms with Crippen molar-refractivity contribution in [3.05, 3.63) is 95.9 Å². The summed E-state index contributed by atoms with van der Waals surface area (Å²) < 4.78 is 3.98. The average molecular weight is 368 g/mol. The van der Waals surface area contributed by atoms with E-state index >= 15 is 0 Å². The van der Waals surface area contributed by atoms with E-state index < -0.39 is 0 Å². The number of aryl methyl sites for hydroxylation is 1. The van der Waals surface area contributed by atoms with Gasteiger partial charge >= 0.3 is 0 Å². The van der Waals surface area contributed by atoms with Crippen molar-refractivity contribution in [3.8, 4) is 11.3 Å². The molecule has 0 fully saturated rings. The highest BCUT2D eigenvalue weighted by atomic mass is 16.2. The van der Waals surface area contributed by atoms with Crippen LogP contribution in [0, 0.1) is 0 Å². The number of fused-ring (bicyclic) bond motifs is 2. The first-order chi connectivity index (χ1) is 13.7. The van der Waals surface area contributed by atoms with Gasteiger partial charge in [-0.05, 0) is 42.0 Å². The first kappa shape index (κ1) is 16.6. The number of benzene rings is 2. The highest BCUT2D eigenvalue weighted by Crippen LogP contribution is 2.29. The highest BCUT2D eigenvalue weighted by Gasteiger charge is 2.24. The van der Waals surface area contributed by atoms with E-state index in [2.05, 4.69) is 28.0 Å². The van der Waals surface area contributed by atoms with Crippen molar-refractivity contribution >= 4 is 11.6 Å². The Morgan fingerprint density at radius 2 is 1.71 bits per heavy atom. The topological polar surface area (TPSA) is 43.1 Å². The van der Waals surface area contributed by atoms with Crippen LogP contribution >= 0.6 is 0 Å². The molecule has 0 bridgehead atoms. The number of rotatable bonds is 2. The predicted octanol–water partition coefficient (Wildman–Crippen LogP) is 4.10. The molecule has 5 heteroatoms. The van der Waals surface area contributed by atoms with Gasteiger partial charge in [0.25, 0.3) is 5.91 Å². The van der Waals surface area contributed by atoms with Gasteiger partial charge < -0.3 is 9.47 Å². The lowest BCUT2D eigenvalue weighted by molar-refractivity contribution is 0.0985. The van der Waals surface area contributed by atoms with Crippen LogP contribution in [0.5, 0.6) is 0 Å². The Kier molecular flexibility index (Phi) is 3.86. The van der Waals surface area contributed by atoms with Crippen LogP contribution in [0.4, 0.5) is 5.69 Å². The van der Waals surface area contributed by atoms with Gasteiger partial charge in [-0.15, -0.1) is 0 Å². The molecule has 0 N–H and O–H groups in total. The first-order valence-corrected chi connectivity index (χ1v) is 9.33. The van der Waals surface area contributed by atoms with E-state index in [0.29, 0.717) is 12.1 Å². The van der Waals surface area contributed by atoms with Crippen molar-refractivity contribution in [3.63, 3.8) is 0 Å². The van der Waals surface area contributed by atoms with E-state index in [-0.39, 0.29) is 5.91 Å². The summed E-state index contributed by atoms with van der Waals surface area (Å²) in [6, 6.07) is 21.9. The van der Waals surface area contributed by atoms with Crippen LogP contribution in [0.3, 0.4) is 0 Å². The zero-order valence-electron chi connectivity index (χ0n) is 15.6. The van der Waals surface area contributed by atoms with Crippen molar-refractivity contribution in [1.82, 2.24) is 14.3 Å². The smallest absolute Gasteiger partial charge is 0.258 e. The average Bonchev–Trinajstić information content (AvgIpc) is 3.32. The largest absolute Gasteiger partial charge is 0.345 e. The van der Waals surface area contributed by atoms with Crippen molar-refractivity contribution in [1.29, 1.82) is 0 Å². The highest BCUT2D eigenvalue weighted by molar-refractivity contribution is 6.06. The van der Waals surface area contributed by atoms with Crippen molar-refractivity contribution in [2.24, 2.45) is 7.05 Å². The predicted molar refractivity (Wildman–Crippen MR) is 109 cm³/mol. The fourth-order valence-corrected chi connectivity index (χ4v) is 3.78. The van der Waals surface area contributed by atoms with E-state index in [1.807, 2.05) is 72.7 Å². The third-order valence-corrected chi connectivity index (χ3v) is 5.25. The molecule has 1 amide bonds. The van der Waals surface area contributed by atoms with Gasteiger partial charge in [0.05, 0.1) is 12.2 Å². The lowest BCUT2D eigenvalue weighted by Gasteiger charge is -2.23. The second-order valence-corrected chi connectivity index (χ2v) is 7.10. The molecule has 0 aliphatic carbocycles. The minimum Gasteiger partial charge on any atom is -0.345 e. The molecule has 2 aromatic heterocycles. The Morgan fingerprint density at radius 3 is 2.50 bits per heavy atom. The molecule has 138 valence electrons. The van der Waals surface area contributed by atoms with Gasteiger partial charge in [-0.25, -0.2) is 0 Å². The first-order valence-electron chi connectivity index (χ1n) is 9.33. The molecule has 4 aromatic rings. The number of carbonyl (C=O) groups excluding carboxylic acids is 1. The molecule has 5 nitrogen and oxygen atoms in total. The maximum absolute atomic E-state index is 13.4. The number of carbonyl (C=O) groups is 1. The molecule has 1 aliphatic rings. The molecule has 1 aliphatic heterocycles. The molecule has 0 saturated carbocycles. The summed E-state index contributed by atoms with van der Waals surface area (Å²) in [4.78, 5) is 15.3. The zero-order valence-corrected chi connectivity index (χ0v) is 15.6. The molecule has 0 radical (unpaired) electrons. The molecular weight excluding hydrogens is 348 g/mol. The Morgan fingerprint density at radius 1 is 0.893 bits per heavy atom. The summed E-state index contributed by atoms with van der Waals surface area (Å²) in [7, 11) is 1.90. The third-order valence-electron chi connectivity index (χ3n) is 5.25. The van der Waals surface area contributed by atoms with Gasteiger partial charge in [0.2, 0.25) is 0 Å². The van der Waals surface area contributed by atoms with E-state index in [1.165, 1.54) is 0 Å². The maximum atomic E-state index is 13.4. The number of nitrogens with zero attached hydrogens (tertiary/aromatic N) is 4. The fraction of sp³-hybridized carbons (Fsp3) is 0.130. The SMILES string of the molecule is Cn1ccc(-c2ccc(C(=O)N3Cc4cccn4Cc4ccccc43)cc2)n1. The summed E-state index contributed by atoms with van der Waals surface area (Å²) in [6.45, 7) is 1.34. The molecule has 5 rings (SSSR count). The van der Waals surface area contributed by atoms with E-state index in [9.17, 15) is 4.79 Å². The van der Waals surface area contributed by atoms with Gasteiger partial charge in [0.15, 0.2) is 0 Å². The van der Waals surface area contributed by atoms with Crippen LogP contribution in [-0.4, -0.2) is 20.3 Å². The number of para-hydroxylation sites is 1. The van der Waals surface area contributed by atoms with E-state index in [0.717, 1.165) is 34.7 Å². The number of amides is 1. The summed E-state index contributed by atoms with van der Waals surface area (Å²) >= 11 is 0. The minimum absolute atomic E-state index is 0.00895. The quantitative estimate of drug-likeness (QED) is 0.535. The second-order valence-electron chi connectivity index (χ2n) is 7.10. The van der Waals surface area contributed by atoms with E-state index in [1.54, 1.807) is 4.68 Å². The second kappa shape index (κ2) is 6.53. The molecule has 2 aromatic carbocycles. The van der Waals surface area contributed by atoms with Crippen molar-refractivity contribution in [2.75, 3.05) is 4.90 Å². The number of hydrogen-bond acceptors (Lipinski definition) is 2. The van der Waals surface area contributed by atoms with Crippen LogP contribution in [0.2, 0.25) is 0 Å². The Hall–Kier alpha value is -3.60.